The zero-order chi connectivity index (χ0) is 15.6. The van der Waals surface area contributed by atoms with Crippen molar-refractivity contribution in [3.05, 3.63) is 34.9 Å². The summed E-state index contributed by atoms with van der Waals surface area (Å²) in [6.07, 6.45) is 1.57. The first-order valence-corrected chi connectivity index (χ1v) is 6.14. The zero-order valence-corrected chi connectivity index (χ0v) is 10.1. The molecule has 0 aliphatic carbocycles. The van der Waals surface area contributed by atoms with Crippen LogP contribution in [0.1, 0.15) is 57.3 Å². The van der Waals surface area contributed by atoms with Crippen LogP contribution in [-0.4, -0.2) is 24.2 Å². The summed E-state index contributed by atoms with van der Waals surface area (Å²) in [6, 6.07) is 3.56. The maximum Gasteiger partial charge on any atom is 0.335 e. The second-order valence-corrected chi connectivity index (χ2v) is 4.62. The Morgan fingerprint density at radius 2 is 2.28 bits per heavy atom. The quantitative estimate of drug-likeness (QED) is 0.766. The topological polar surface area (TPSA) is 75.4 Å². The van der Waals surface area contributed by atoms with Gasteiger partial charge in [0.2, 0.25) is 0 Å². The Hall–Kier alpha value is -1.39. The molecule has 0 saturated carbocycles. The number of carboxylic acid groups (broad SMARTS) is 1. The molecule has 0 bridgehead atoms. The molecule has 2 rings (SSSR count). The number of carbonyl (C=O) groups is 1. The largest absolute Gasteiger partial charge is 0.478 e. The molecule has 0 aromatic heterocycles. The summed E-state index contributed by atoms with van der Waals surface area (Å²) >= 11 is 0. The molecule has 1 aliphatic rings. The summed E-state index contributed by atoms with van der Waals surface area (Å²) in [5.41, 5.74) is 7.07. The summed E-state index contributed by atoms with van der Waals surface area (Å²) in [5, 5.41) is 12.6. The molecule has 1 unspecified atom stereocenters. The molecular weight excluding hydrogens is 228 g/mol. The van der Waals surface area contributed by atoms with Crippen molar-refractivity contribution in [2.75, 3.05) is 13.1 Å². The summed E-state index contributed by atoms with van der Waals surface area (Å²) in [4.78, 5) is 11.5. The molecule has 1 saturated heterocycles. The third-order valence-electron chi connectivity index (χ3n) is 3.45. The third-order valence-corrected chi connectivity index (χ3v) is 3.45. The second-order valence-electron chi connectivity index (χ2n) is 4.62. The van der Waals surface area contributed by atoms with Gasteiger partial charge in [-0.1, -0.05) is 12.1 Å². The molecule has 1 atom stereocenters. The monoisotopic (exact) mass is 251 g/mol. The first-order valence-electron chi connectivity index (χ1n) is 7.64. The molecule has 1 heterocycles. The van der Waals surface area contributed by atoms with E-state index in [4.69, 9.17) is 9.85 Å². The number of hydrogen-bond acceptors (Lipinski definition) is 3. The van der Waals surface area contributed by atoms with Crippen molar-refractivity contribution in [1.29, 1.82) is 0 Å². The lowest BCUT2D eigenvalue weighted by molar-refractivity contribution is 0.0694. The van der Waals surface area contributed by atoms with E-state index < -0.39 is 18.9 Å². The molecule has 0 amide bonds. The zero-order valence-electron chi connectivity index (χ0n) is 13.1. The van der Waals surface area contributed by atoms with E-state index in [1.54, 1.807) is 12.1 Å². The van der Waals surface area contributed by atoms with Crippen molar-refractivity contribution in [3.8, 4) is 0 Å². The minimum Gasteiger partial charge on any atom is -0.478 e. The molecule has 0 spiro atoms. The van der Waals surface area contributed by atoms with E-state index in [-0.39, 0.29) is 11.5 Å². The SMILES string of the molecule is [2H]C([2H])([2H])C(N)c1cccc(C(=O)O)c1C1CCNCC1. The lowest BCUT2D eigenvalue weighted by Gasteiger charge is -2.27. The first-order chi connectivity index (χ1) is 9.82. The summed E-state index contributed by atoms with van der Waals surface area (Å²) in [7, 11) is 0. The van der Waals surface area contributed by atoms with Gasteiger partial charge in [0.1, 0.15) is 0 Å². The Balaban J connectivity index is 2.53. The molecule has 1 fully saturated rings. The number of hydrogen-bond donors (Lipinski definition) is 3. The number of carboxylic acids is 1. The maximum atomic E-state index is 11.5. The highest BCUT2D eigenvalue weighted by Crippen LogP contribution is 2.33. The van der Waals surface area contributed by atoms with Gasteiger partial charge in [-0.2, -0.15) is 0 Å². The van der Waals surface area contributed by atoms with E-state index in [0.29, 0.717) is 11.1 Å². The van der Waals surface area contributed by atoms with Gasteiger partial charge in [-0.25, -0.2) is 4.79 Å². The van der Waals surface area contributed by atoms with E-state index in [1.807, 2.05) is 0 Å². The van der Waals surface area contributed by atoms with Crippen molar-refractivity contribution in [2.45, 2.75) is 31.7 Å². The fourth-order valence-corrected chi connectivity index (χ4v) is 2.61. The maximum absolute atomic E-state index is 11.5. The number of nitrogens with two attached hydrogens (primary N) is 1. The van der Waals surface area contributed by atoms with E-state index in [2.05, 4.69) is 5.32 Å². The lowest BCUT2D eigenvalue weighted by Crippen LogP contribution is -2.28. The predicted molar refractivity (Wildman–Crippen MR) is 70.8 cm³/mol. The van der Waals surface area contributed by atoms with Crippen molar-refractivity contribution in [2.24, 2.45) is 5.73 Å². The molecule has 4 N–H and O–H groups in total. The Labute approximate surface area is 111 Å². The van der Waals surface area contributed by atoms with E-state index in [9.17, 15) is 9.90 Å². The Bertz CT molecular complexity index is 525. The average Bonchev–Trinajstić information content (AvgIpc) is 2.45. The standard InChI is InChI=1S/C14H20N2O2/c1-9(15)11-3-2-4-12(14(17)18)13(11)10-5-7-16-8-6-10/h2-4,9-10,16H,5-8,15H2,1H3,(H,17,18)/i1D3. The van der Waals surface area contributed by atoms with Gasteiger partial charge in [0.15, 0.2) is 0 Å². The van der Waals surface area contributed by atoms with Crippen LogP contribution in [0.4, 0.5) is 0 Å². The van der Waals surface area contributed by atoms with Gasteiger partial charge in [-0.3, -0.25) is 0 Å². The smallest absolute Gasteiger partial charge is 0.335 e. The van der Waals surface area contributed by atoms with Gasteiger partial charge in [-0.15, -0.1) is 0 Å². The van der Waals surface area contributed by atoms with Crippen LogP contribution in [0.15, 0.2) is 18.2 Å². The van der Waals surface area contributed by atoms with E-state index >= 15 is 0 Å². The van der Waals surface area contributed by atoms with Crippen LogP contribution in [0, 0.1) is 0 Å². The highest BCUT2D eigenvalue weighted by atomic mass is 16.4. The second kappa shape index (κ2) is 5.50. The summed E-state index contributed by atoms with van der Waals surface area (Å²) in [6.45, 7) is -0.763. The molecule has 4 heteroatoms. The molecule has 4 nitrogen and oxygen atoms in total. The van der Waals surface area contributed by atoms with Gasteiger partial charge in [0, 0.05) is 10.2 Å². The van der Waals surface area contributed by atoms with Gasteiger partial charge in [0.05, 0.1) is 5.56 Å². The van der Waals surface area contributed by atoms with Crippen LogP contribution in [-0.2, 0) is 0 Å². The molecule has 0 radical (unpaired) electrons. The van der Waals surface area contributed by atoms with Crippen LogP contribution in [0.3, 0.4) is 0 Å². The van der Waals surface area contributed by atoms with Crippen molar-refractivity contribution < 1.29 is 14.0 Å². The Kier molecular flexibility index (Phi) is 2.91. The van der Waals surface area contributed by atoms with E-state index in [1.165, 1.54) is 6.07 Å². The minimum atomic E-state index is -2.35. The highest BCUT2D eigenvalue weighted by Gasteiger charge is 2.24. The average molecular weight is 251 g/mol. The molecule has 1 aromatic rings. The van der Waals surface area contributed by atoms with Gasteiger partial charge in [-0.05, 0) is 55.9 Å². The van der Waals surface area contributed by atoms with Crippen LogP contribution >= 0.6 is 0 Å². The summed E-state index contributed by atoms with van der Waals surface area (Å²) in [5.74, 6) is -1.01. The Morgan fingerprint density at radius 1 is 1.56 bits per heavy atom. The van der Waals surface area contributed by atoms with Crippen molar-refractivity contribution in [3.63, 3.8) is 0 Å². The molecule has 1 aliphatic heterocycles. The molecule has 98 valence electrons. The molecule has 1 aromatic carbocycles. The first kappa shape index (κ1) is 9.53. The Morgan fingerprint density at radius 3 is 2.89 bits per heavy atom. The van der Waals surface area contributed by atoms with Gasteiger partial charge in [0.25, 0.3) is 0 Å². The van der Waals surface area contributed by atoms with Crippen LogP contribution in [0.2, 0.25) is 0 Å². The minimum absolute atomic E-state index is 0.0296. The van der Waals surface area contributed by atoms with Crippen molar-refractivity contribution in [1.82, 2.24) is 5.32 Å². The fourth-order valence-electron chi connectivity index (χ4n) is 2.61. The predicted octanol–water partition coefficient (Wildman–Crippen LogP) is 1.87. The van der Waals surface area contributed by atoms with E-state index in [0.717, 1.165) is 25.9 Å². The number of rotatable bonds is 3. The molecule has 18 heavy (non-hydrogen) atoms. The van der Waals surface area contributed by atoms with Crippen LogP contribution < -0.4 is 11.1 Å². The third kappa shape index (κ3) is 2.54. The normalized spacial score (nSPS) is 21.7. The van der Waals surface area contributed by atoms with Gasteiger partial charge < -0.3 is 16.2 Å². The number of benzene rings is 1. The number of nitrogens with one attached hydrogen (secondary N) is 1. The fraction of sp³-hybridized carbons (Fsp3) is 0.500. The molecular formula is C14H20N2O2. The highest BCUT2D eigenvalue weighted by molar-refractivity contribution is 5.90. The number of aromatic carboxylic acids is 1. The van der Waals surface area contributed by atoms with Crippen molar-refractivity contribution >= 4 is 5.97 Å². The number of piperidine rings is 1. The van der Waals surface area contributed by atoms with Crippen LogP contribution in [0.25, 0.3) is 0 Å². The van der Waals surface area contributed by atoms with Gasteiger partial charge >= 0.3 is 5.97 Å². The summed E-state index contributed by atoms with van der Waals surface area (Å²) < 4.78 is 22.5. The lowest BCUT2D eigenvalue weighted by atomic mass is 9.82. The van der Waals surface area contributed by atoms with Crippen LogP contribution in [0.5, 0.6) is 0 Å².